The molecule has 0 aliphatic carbocycles. The van der Waals surface area contributed by atoms with Crippen LogP contribution in [0.2, 0.25) is 0 Å². The largest absolute Gasteiger partial charge is 0.419 e. The Kier molecular flexibility index (Phi) is 6.18. The van der Waals surface area contributed by atoms with E-state index in [9.17, 15) is 9.59 Å². The van der Waals surface area contributed by atoms with Crippen molar-refractivity contribution in [1.82, 2.24) is 9.47 Å². The number of carbonyl (C=O) groups excluding carboxylic acids is 1. The number of ketones is 1. The first-order chi connectivity index (χ1) is 14.5. The molecular weight excluding hydrogens is 376 g/mol. The minimum Gasteiger partial charge on any atom is -0.408 e. The second-order valence-corrected chi connectivity index (χ2v) is 8.76. The summed E-state index contributed by atoms with van der Waals surface area (Å²) in [6.07, 6.45) is 2.78. The summed E-state index contributed by atoms with van der Waals surface area (Å²) in [4.78, 5) is 27.4. The minimum absolute atomic E-state index is 0.0923. The lowest BCUT2D eigenvalue weighted by Gasteiger charge is -2.31. The summed E-state index contributed by atoms with van der Waals surface area (Å²) in [5.41, 5.74) is 3.59. The summed E-state index contributed by atoms with van der Waals surface area (Å²) < 4.78 is 7.01. The van der Waals surface area contributed by atoms with Gasteiger partial charge < -0.3 is 9.32 Å². The van der Waals surface area contributed by atoms with Gasteiger partial charge in [-0.05, 0) is 56.0 Å². The molecule has 0 N–H and O–H groups in total. The van der Waals surface area contributed by atoms with E-state index in [1.165, 1.54) is 5.56 Å². The second kappa shape index (κ2) is 9.00. The smallest absolute Gasteiger partial charge is 0.408 e. The van der Waals surface area contributed by atoms with Crippen molar-refractivity contribution >= 4 is 16.9 Å². The Labute approximate surface area is 177 Å². The third-order valence-electron chi connectivity index (χ3n) is 6.05. The molecule has 2 aromatic carbocycles. The minimum atomic E-state index is -0.304. The molecule has 0 saturated carbocycles. The van der Waals surface area contributed by atoms with Crippen LogP contribution < -0.4 is 5.76 Å². The van der Waals surface area contributed by atoms with Gasteiger partial charge in [-0.2, -0.15) is 0 Å². The molecule has 0 bridgehead atoms. The van der Waals surface area contributed by atoms with E-state index >= 15 is 0 Å². The highest BCUT2D eigenvalue weighted by atomic mass is 16.4. The molecule has 4 rings (SSSR count). The third-order valence-corrected chi connectivity index (χ3v) is 6.05. The van der Waals surface area contributed by atoms with Gasteiger partial charge in [-0.15, -0.1) is 0 Å². The van der Waals surface area contributed by atoms with Crippen LogP contribution in [0.25, 0.3) is 11.1 Å². The van der Waals surface area contributed by atoms with Crippen LogP contribution in [0, 0.1) is 11.8 Å². The molecule has 1 aliphatic rings. The Balaban J connectivity index is 1.31. The Morgan fingerprint density at radius 3 is 2.43 bits per heavy atom. The molecule has 3 aromatic rings. The molecule has 0 spiro atoms. The van der Waals surface area contributed by atoms with E-state index in [4.69, 9.17) is 4.42 Å². The van der Waals surface area contributed by atoms with Crippen molar-refractivity contribution in [3.63, 3.8) is 0 Å². The maximum Gasteiger partial charge on any atom is 0.419 e. The number of rotatable bonds is 7. The van der Waals surface area contributed by atoms with Gasteiger partial charge in [-0.1, -0.05) is 50.2 Å². The molecular formula is C25H30N2O3. The number of hydrogen-bond acceptors (Lipinski definition) is 4. The van der Waals surface area contributed by atoms with Crippen molar-refractivity contribution in [2.24, 2.45) is 11.8 Å². The van der Waals surface area contributed by atoms with Crippen LogP contribution in [0.4, 0.5) is 0 Å². The van der Waals surface area contributed by atoms with Gasteiger partial charge in [0.1, 0.15) is 0 Å². The summed E-state index contributed by atoms with van der Waals surface area (Å²) in [5, 5.41) is 0. The van der Waals surface area contributed by atoms with Crippen LogP contribution in [0.1, 0.15) is 42.6 Å². The quantitative estimate of drug-likeness (QED) is 0.546. The van der Waals surface area contributed by atoms with Gasteiger partial charge in [0, 0.05) is 24.6 Å². The number of piperidine rings is 1. The van der Waals surface area contributed by atoms with Crippen LogP contribution in [-0.4, -0.2) is 34.9 Å². The Bertz CT molecular complexity index is 1050. The Hall–Kier alpha value is -2.66. The fourth-order valence-electron chi connectivity index (χ4n) is 4.40. The lowest BCUT2D eigenvalue weighted by atomic mass is 9.88. The van der Waals surface area contributed by atoms with E-state index in [2.05, 4.69) is 30.9 Å². The highest BCUT2D eigenvalue weighted by Crippen LogP contribution is 2.23. The summed E-state index contributed by atoms with van der Waals surface area (Å²) in [6, 6.07) is 15.7. The zero-order chi connectivity index (χ0) is 21.1. The van der Waals surface area contributed by atoms with Gasteiger partial charge in [-0.25, -0.2) is 4.79 Å². The van der Waals surface area contributed by atoms with Crippen molar-refractivity contribution in [1.29, 1.82) is 0 Å². The molecule has 0 amide bonds. The fourth-order valence-corrected chi connectivity index (χ4v) is 4.40. The number of likely N-dealkylation sites (tertiary alicyclic amines) is 1. The van der Waals surface area contributed by atoms with E-state index in [1.54, 1.807) is 4.57 Å². The molecule has 1 saturated heterocycles. The number of Topliss-reactive ketones (excluding diaryl/α,β-unsaturated/α-hetero) is 1. The average Bonchev–Trinajstić information content (AvgIpc) is 3.07. The molecule has 158 valence electrons. The first-order valence-corrected chi connectivity index (χ1v) is 10.9. The highest BCUT2D eigenvalue weighted by Gasteiger charge is 2.26. The SMILES string of the molecule is CC(C)Cc1ccc(C(=O)C2CCN(CCn3c(=O)oc4ccccc43)CC2)cc1. The molecule has 0 unspecified atom stereocenters. The lowest BCUT2D eigenvalue weighted by Crippen LogP contribution is -2.38. The Morgan fingerprint density at radius 1 is 1.03 bits per heavy atom. The molecule has 1 aromatic heterocycles. The van der Waals surface area contributed by atoms with E-state index in [-0.39, 0.29) is 17.5 Å². The Morgan fingerprint density at radius 2 is 1.73 bits per heavy atom. The first kappa shape index (κ1) is 20.6. The van der Waals surface area contributed by atoms with Crippen LogP contribution in [0.15, 0.2) is 57.7 Å². The fraction of sp³-hybridized carbons (Fsp3) is 0.440. The van der Waals surface area contributed by atoms with Gasteiger partial charge in [0.15, 0.2) is 11.4 Å². The van der Waals surface area contributed by atoms with Gasteiger partial charge in [0.2, 0.25) is 0 Å². The summed E-state index contributed by atoms with van der Waals surface area (Å²) in [6.45, 7) is 7.56. The molecule has 5 heteroatoms. The van der Waals surface area contributed by atoms with Crippen LogP contribution in [0.5, 0.6) is 0 Å². The van der Waals surface area contributed by atoms with Gasteiger partial charge in [0.05, 0.1) is 5.52 Å². The second-order valence-electron chi connectivity index (χ2n) is 8.76. The van der Waals surface area contributed by atoms with E-state index in [0.717, 1.165) is 50.0 Å². The number of carbonyl (C=O) groups is 1. The van der Waals surface area contributed by atoms with E-state index in [1.807, 2.05) is 36.4 Å². The molecule has 2 heterocycles. The standard InChI is InChI=1S/C25H30N2O3/c1-18(2)17-19-7-9-20(10-8-19)24(28)21-11-13-26(14-12-21)15-16-27-22-5-3-4-6-23(22)30-25(27)29/h3-10,18,21H,11-17H2,1-2H3. The van der Waals surface area contributed by atoms with Crippen molar-refractivity contribution in [2.45, 2.75) is 39.7 Å². The zero-order valence-electron chi connectivity index (χ0n) is 17.8. The van der Waals surface area contributed by atoms with Crippen molar-refractivity contribution in [3.05, 3.63) is 70.2 Å². The molecule has 5 nitrogen and oxygen atoms in total. The molecule has 30 heavy (non-hydrogen) atoms. The number of nitrogens with zero attached hydrogens (tertiary/aromatic N) is 2. The van der Waals surface area contributed by atoms with Gasteiger partial charge in [0.25, 0.3) is 0 Å². The maximum atomic E-state index is 12.9. The summed E-state index contributed by atoms with van der Waals surface area (Å²) in [5.74, 6) is 0.673. The molecule has 1 aliphatic heterocycles. The lowest BCUT2D eigenvalue weighted by molar-refractivity contribution is 0.0837. The number of fused-ring (bicyclic) bond motifs is 1. The summed E-state index contributed by atoms with van der Waals surface area (Å²) >= 11 is 0. The zero-order valence-corrected chi connectivity index (χ0v) is 17.8. The first-order valence-electron chi connectivity index (χ1n) is 10.9. The van der Waals surface area contributed by atoms with Gasteiger partial charge in [-0.3, -0.25) is 9.36 Å². The average molecular weight is 407 g/mol. The maximum absolute atomic E-state index is 12.9. The number of oxazole rings is 1. The number of para-hydroxylation sites is 2. The highest BCUT2D eigenvalue weighted by molar-refractivity contribution is 5.97. The molecule has 1 fully saturated rings. The van der Waals surface area contributed by atoms with Crippen molar-refractivity contribution in [3.8, 4) is 0 Å². The van der Waals surface area contributed by atoms with Crippen molar-refractivity contribution < 1.29 is 9.21 Å². The topological polar surface area (TPSA) is 55.5 Å². The molecule has 0 radical (unpaired) electrons. The predicted molar refractivity (Wildman–Crippen MR) is 119 cm³/mol. The van der Waals surface area contributed by atoms with Crippen LogP contribution in [-0.2, 0) is 13.0 Å². The number of hydrogen-bond donors (Lipinski definition) is 0. The predicted octanol–water partition coefficient (Wildman–Crippen LogP) is 4.39. The van der Waals surface area contributed by atoms with E-state index in [0.29, 0.717) is 18.0 Å². The van der Waals surface area contributed by atoms with Gasteiger partial charge >= 0.3 is 5.76 Å². The third kappa shape index (κ3) is 4.57. The van der Waals surface area contributed by atoms with Crippen molar-refractivity contribution in [2.75, 3.05) is 19.6 Å². The normalized spacial score (nSPS) is 15.8. The number of aromatic nitrogens is 1. The number of benzene rings is 2. The monoisotopic (exact) mass is 406 g/mol. The van der Waals surface area contributed by atoms with Crippen LogP contribution in [0.3, 0.4) is 0 Å². The van der Waals surface area contributed by atoms with E-state index < -0.39 is 0 Å². The molecule has 0 atom stereocenters. The van der Waals surface area contributed by atoms with Crippen LogP contribution >= 0.6 is 0 Å². The summed E-state index contributed by atoms with van der Waals surface area (Å²) in [7, 11) is 0.